The van der Waals surface area contributed by atoms with E-state index in [4.69, 9.17) is 16.6 Å². The molecule has 0 aliphatic heterocycles. The first kappa shape index (κ1) is 15.3. The lowest BCUT2D eigenvalue weighted by atomic mass is 10.2. The number of benzene rings is 1. The maximum Gasteiger partial charge on any atom is 0.238 e. The van der Waals surface area contributed by atoms with Crippen LogP contribution in [0, 0.1) is 0 Å². The predicted octanol–water partition coefficient (Wildman–Crippen LogP) is -0.384. The molecule has 1 aromatic carbocycles. The van der Waals surface area contributed by atoms with E-state index in [2.05, 4.69) is 0 Å². The quantitative estimate of drug-likeness (QED) is 0.634. The second kappa shape index (κ2) is 5.45. The molecule has 8 heteroatoms. The van der Waals surface area contributed by atoms with E-state index in [0.717, 1.165) is 0 Å². The molecular weight excluding hydrogens is 268 g/mol. The lowest BCUT2D eigenvalue weighted by Crippen LogP contribution is -2.39. The zero-order valence-electron chi connectivity index (χ0n) is 10.8. The Labute approximate surface area is 112 Å². The number of primary sulfonamides is 1. The van der Waals surface area contributed by atoms with E-state index >= 15 is 0 Å². The van der Waals surface area contributed by atoms with Crippen LogP contribution in [-0.4, -0.2) is 26.9 Å². The van der Waals surface area contributed by atoms with Crippen molar-refractivity contribution in [1.82, 2.24) is 0 Å². The number of amides is 1. The Bertz CT molecular complexity index is 584. The van der Waals surface area contributed by atoms with Gasteiger partial charge in [-0.25, -0.2) is 13.6 Å². The topological polar surface area (TPSA) is 133 Å². The van der Waals surface area contributed by atoms with E-state index in [9.17, 15) is 13.2 Å². The fourth-order valence-corrected chi connectivity index (χ4v) is 2.23. The minimum Gasteiger partial charge on any atom is -0.397 e. The van der Waals surface area contributed by atoms with Crippen molar-refractivity contribution in [3.8, 4) is 0 Å². The summed E-state index contributed by atoms with van der Waals surface area (Å²) in [6.07, 6.45) is 0. The molecule has 0 aliphatic carbocycles. The van der Waals surface area contributed by atoms with Gasteiger partial charge in [-0.2, -0.15) is 0 Å². The maximum atomic E-state index is 11.2. The van der Waals surface area contributed by atoms with Crippen molar-refractivity contribution < 1.29 is 13.2 Å². The highest BCUT2D eigenvalue weighted by atomic mass is 32.2. The summed E-state index contributed by atoms with van der Waals surface area (Å²) in [7, 11) is -3.80. The van der Waals surface area contributed by atoms with Gasteiger partial charge in [0.25, 0.3) is 0 Å². The molecule has 0 atom stereocenters. The van der Waals surface area contributed by atoms with Gasteiger partial charge in [-0.3, -0.25) is 4.79 Å². The summed E-state index contributed by atoms with van der Waals surface area (Å²) in [4.78, 5) is 12.7. The van der Waals surface area contributed by atoms with Gasteiger partial charge in [-0.15, -0.1) is 0 Å². The normalized spacial score (nSPS) is 11.6. The summed E-state index contributed by atoms with van der Waals surface area (Å²) < 4.78 is 22.4. The minimum atomic E-state index is -3.80. The van der Waals surface area contributed by atoms with Crippen LogP contribution in [0.3, 0.4) is 0 Å². The average molecular weight is 286 g/mol. The number of hydrogen-bond donors (Lipinski definition) is 3. The van der Waals surface area contributed by atoms with Crippen LogP contribution in [0.2, 0.25) is 0 Å². The van der Waals surface area contributed by atoms with Crippen LogP contribution in [0.5, 0.6) is 0 Å². The highest BCUT2D eigenvalue weighted by Gasteiger charge is 2.17. The molecule has 0 aliphatic rings. The van der Waals surface area contributed by atoms with Gasteiger partial charge >= 0.3 is 0 Å². The highest BCUT2D eigenvalue weighted by molar-refractivity contribution is 7.89. The molecule has 7 nitrogen and oxygen atoms in total. The standard InChI is InChI=1S/C11H18N4O3S/c1-7(2)15(6-11(13)16)10-4-3-8(5-9(10)12)19(14,17)18/h3-5,7H,6,12H2,1-2H3,(H2,13,16)(H2,14,17,18). The molecule has 0 radical (unpaired) electrons. The average Bonchev–Trinajstić information content (AvgIpc) is 2.24. The highest BCUT2D eigenvalue weighted by Crippen LogP contribution is 2.27. The van der Waals surface area contributed by atoms with Crippen LogP contribution in [0.25, 0.3) is 0 Å². The lowest BCUT2D eigenvalue weighted by molar-refractivity contribution is -0.116. The second-order valence-corrected chi connectivity index (χ2v) is 6.02. The first-order valence-corrected chi connectivity index (χ1v) is 7.15. The molecule has 6 N–H and O–H groups in total. The molecule has 0 saturated heterocycles. The summed E-state index contributed by atoms with van der Waals surface area (Å²) in [6.45, 7) is 3.74. The van der Waals surface area contributed by atoms with Gasteiger partial charge in [-0.1, -0.05) is 0 Å². The number of nitrogens with two attached hydrogens (primary N) is 3. The first-order valence-electron chi connectivity index (χ1n) is 5.60. The largest absolute Gasteiger partial charge is 0.397 e. The summed E-state index contributed by atoms with van der Waals surface area (Å²) in [6, 6.07) is 4.10. The third-order valence-corrected chi connectivity index (χ3v) is 3.50. The Kier molecular flexibility index (Phi) is 4.38. The molecule has 1 aromatic rings. The predicted molar refractivity (Wildman–Crippen MR) is 73.9 cm³/mol. The molecule has 106 valence electrons. The molecule has 19 heavy (non-hydrogen) atoms. The van der Waals surface area contributed by atoms with Gasteiger partial charge in [0.05, 0.1) is 22.8 Å². The number of carbonyl (C=O) groups is 1. The maximum absolute atomic E-state index is 11.2. The van der Waals surface area contributed by atoms with Crippen LogP contribution in [0.15, 0.2) is 23.1 Å². The van der Waals surface area contributed by atoms with E-state index in [1.807, 2.05) is 13.8 Å². The SMILES string of the molecule is CC(C)N(CC(N)=O)c1ccc(S(N)(=O)=O)cc1N. The fraction of sp³-hybridized carbons (Fsp3) is 0.364. The third kappa shape index (κ3) is 3.83. The Morgan fingerprint density at radius 1 is 1.37 bits per heavy atom. The van der Waals surface area contributed by atoms with Crippen molar-refractivity contribution >= 4 is 27.3 Å². The summed E-state index contributed by atoms with van der Waals surface area (Å²) in [5.41, 5.74) is 11.8. The fourth-order valence-electron chi connectivity index (χ4n) is 1.68. The molecular formula is C11H18N4O3S. The van der Waals surface area contributed by atoms with Gasteiger partial charge in [0, 0.05) is 6.04 Å². The lowest BCUT2D eigenvalue weighted by Gasteiger charge is -2.28. The molecule has 0 heterocycles. The van der Waals surface area contributed by atoms with Crippen molar-refractivity contribution in [1.29, 1.82) is 0 Å². The Morgan fingerprint density at radius 3 is 2.32 bits per heavy atom. The van der Waals surface area contributed by atoms with E-state index in [0.29, 0.717) is 5.69 Å². The van der Waals surface area contributed by atoms with E-state index in [1.165, 1.54) is 18.2 Å². The smallest absolute Gasteiger partial charge is 0.238 e. The van der Waals surface area contributed by atoms with Crippen molar-refractivity contribution in [2.45, 2.75) is 24.8 Å². The molecule has 0 spiro atoms. The van der Waals surface area contributed by atoms with Gasteiger partial charge in [0.15, 0.2) is 0 Å². The summed E-state index contributed by atoms with van der Waals surface area (Å²) in [5, 5.41) is 5.02. The van der Waals surface area contributed by atoms with Gasteiger partial charge < -0.3 is 16.4 Å². The van der Waals surface area contributed by atoms with Crippen LogP contribution in [-0.2, 0) is 14.8 Å². The number of primary amides is 1. The zero-order chi connectivity index (χ0) is 14.8. The van der Waals surface area contributed by atoms with Crippen LogP contribution >= 0.6 is 0 Å². The molecule has 0 fully saturated rings. The van der Waals surface area contributed by atoms with Crippen molar-refractivity contribution in [3.05, 3.63) is 18.2 Å². The Balaban J connectivity index is 3.23. The van der Waals surface area contributed by atoms with Crippen molar-refractivity contribution in [2.24, 2.45) is 10.9 Å². The number of hydrogen-bond acceptors (Lipinski definition) is 5. The second-order valence-electron chi connectivity index (χ2n) is 4.45. The first-order chi connectivity index (χ1) is 8.62. The monoisotopic (exact) mass is 286 g/mol. The molecule has 0 bridgehead atoms. The number of rotatable bonds is 5. The molecule has 0 saturated carbocycles. The third-order valence-electron chi connectivity index (χ3n) is 2.59. The molecule has 1 amide bonds. The van der Waals surface area contributed by atoms with Gasteiger partial charge in [0.1, 0.15) is 0 Å². The Morgan fingerprint density at radius 2 is 1.95 bits per heavy atom. The summed E-state index contributed by atoms with van der Waals surface area (Å²) >= 11 is 0. The number of carbonyl (C=O) groups excluding carboxylic acids is 1. The van der Waals surface area contributed by atoms with E-state index in [-0.39, 0.29) is 23.2 Å². The van der Waals surface area contributed by atoms with Gasteiger partial charge in [0.2, 0.25) is 15.9 Å². The zero-order valence-corrected chi connectivity index (χ0v) is 11.6. The van der Waals surface area contributed by atoms with E-state index < -0.39 is 15.9 Å². The number of sulfonamides is 1. The van der Waals surface area contributed by atoms with Crippen molar-refractivity contribution in [3.63, 3.8) is 0 Å². The number of nitrogen functional groups attached to an aromatic ring is 1. The van der Waals surface area contributed by atoms with Crippen molar-refractivity contribution in [2.75, 3.05) is 17.2 Å². The van der Waals surface area contributed by atoms with Crippen LogP contribution in [0.4, 0.5) is 11.4 Å². The number of nitrogens with zero attached hydrogens (tertiary/aromatic N) is 1. The molecule has 0 unspecified atom stereocenters. The van der Waals surface area contributed by atoms with Crippen LogP contribution in [0.1, 0.15) is 13.8 Å². The van der Waals surface area contributed by atoms with Crippen LogP contribution < -0.4 is 21.5 Å². The molecule has 0 aromatic heterocycles. The Hall–Kier alpha value is -1.80. The summed E-state index contributed by atoms with van der Waals surface area (Å²) in [5.74, 6) is -0.497. The number of anilines is 2. The van der Waals surface area contributed by atoms with E-state index in [1.54, 1.807) is 4.90 Å². The van der Waals surface area contributed by atoms with Gasteiger partial charge in [-0.05, 0) is 32.0 Å². The molecule has 1 rings (SSSR count). The minimum absolute atomic E-state index is 0.00338.